The maximum atomic E-state index is 11.4. The molecule has 2 aliphatic rings. The van der Waals surface area contributed by atoms with Crippen molar-refractivity contribution < 1.29 is 4.79 Å². The lowest BCUT2D eigenvalue weighted by molar-refractivity contribution is -0.124. The summed E-state index contributed by atoms with van der Waals surface area (Å²) in [7, 11) is 0. The highest BCUT2D eigenvalue weighted by Gasteiger charge is 2.48. The van der Waals surface area contributed by atoms with Crippen LogP contribution in [0, 0.1) is 11.8 Å². The minimum atomic E-state index is -0.774. The van der Waals surface area contributed by atoms with Gasteiger partial charge in [-0.3, -0.25) is 4.79 Å². The molecule has 4 heteroatoms. The molecule has 0 bridgehead atoms. The van der Waals surface area contributed by atoms with E-state index in [-0.39, 0.29) is 5.91 Å². The topological polar surface area (TPSA) is 72.3 Å². The Morgan fingerprint density at radius 2 is 2.13 bits per heavy atom. The van der Waals surface area contributed by atoms with Gasteiger partial charge in [0.05, 0.1) is 0 Å². The number of nitrogens with two attached hydrogens (primary N) is 2. The highest BCUT2D eigenvalue weighted by Crippen LogP contribution is 2.39. The van der Waals surface area contributed by atoms with E-state index in [0.29, 0.717) is 12.5 Å². The van der Waals surface area contributed by atoms with E-state index in [2.05, 4.69) is 11.8 Å². The lowest BCUT2D eigenvalue weighted by Crippen LogP contribution is -2.60. The fraction of sp³-hybridized carbons (Fsp3) is 0.909. The molecule has 4 nitrogen and oxygen atoms in total. The highest BCUT2D eigenvalue weighted by atomic mass is 16.1. The quantitative estimate of drug-likeness (QED) is 0.683. The van der Waals surface area contributed by atoms with Crippen LogP contribution in [0.5, 0.6) is 0 Å². The Balaban J connectivity index is 1.97. The molecule has 2 rings (SSSR count). The van der Waals surface area contributed by atoms with Gasteiger partial charge in [-0.05, 0) is 37.6 Å². The molecule has 15 heavy (non-hydrogen) atoms. The van der Waals surface area contributed by atoms with Gasteiger partial charge in [0.15, 0.2) is 0 Å². The molecule has 2 atom stereocenters. The van der Waals surface area contributed by atoms with Gasteiger partial charge in [0.25, 0.3) is 0 Å². The second kappa shape index (κ2) is 3.76. The number of likely N-dealkylation sites (tertiary alicyclic amines) is 1. The van der Waals surface area contributed by atoms with Gasteiger partial charge in [-0.2, -0.15) is 0 Å². The van der Waals surface area contributed by atoms with E-state index < -0.39 is 5.54 Å². The third kappa shape index (κ3) is 2.16. The molecule has 1 saturated heterocycles. The van der Waals surface area contributed by atoms with Gasteiger partial charge in [-0.1, -0.05) is 6.92 Å². The minimum absolute atomic E-state index is 0.325. The van der Waals surface area contributed by atoms with Crippen molar-refractivity contribution in [2.24, 2.45) is 23.3 Å². The van der Waals surface area contributed by atoms with Gasteiger partial charge in [-0.25, -0.2) is 0 Å². The van der Waals surface area contributed by atoms with Crippen molar-refractivity contribution in [1.29, 1.82) is 0 Å². The third-order valence-electron chi connectivity index (χ3n) is 3.76. The standard InChI is InChI=1S/C11H21N3O/c1-8-4-5-14(6-8)7-11(13,10(12)15)9-2-3-9/h8-9H,2-7,13H2,1H3,(H2,12,15). The summed E-state index contributed by atoms with van der Waals surface area (Å²) in [5.41, 5.74) is 10.8. The molecule has 2 fully saturated rings. The Labute approximate surface area is 91.0 Å². The molecule has 4 N–H and O–H groups in total. The number of hydrogen-bond acceptors (Lipinski definition) is 3. The molecule has 1 heterocycles. The highest BCUT2D eigenvalue weighted by molar-refractivity contribution is 5.85. The molecule has 1 aliphatic heterocycles. The number of hydrogen-bond donors (Lipinski definition) is 2. The maximum Gasteiger partial charge on any atom is 0.239 e. The summed E-state index contributed by atoms with van der Waals surface area (Å²) < 4.78 is 0. The average molecular weight is 211 g/mol. The Kier molecular flexibility index (Phi) is 2.73. The van der Waals surface area contributed by atoms with Crippen LogP contribution in [0.1, 0.15) is 26.2 Å². The van der Waals surface area contributed by atoms with E-state index >= 15 is 0 Å². The number of carbonyl (C=O) groups is 1. The molecule has 0 aromatic heterocycles. The van der Waals surface area contributed by atoms with Crippen LogP contribution < -0.4 is 11.5 Å². The molecule has 1 aliphatic carbocycles. The summed E-state index contributed by atoms with van der Waals surface area (Å²) in [6, 6.07) is 0. The summed E-state index contributed by atoms with van der Waals surface area (Å²) in [5.74, 6) is 0.719. The predicted molar refractivity (Wildman–Crippen MR) is 59.1 cm³/mol. The lowest BCUT2D eigenvalue weighted by Gasteiger charge is -2.30. The summed E-state index contributed by atoms with van der Waals surface area (Å²) in [6.45, 7) is 5.00. The predicted octanol–water partition coefficient (Wildman–Crippen LogP) is -0.0790. The third-order valence-corrected chi connectivity index (χ3v) is 3.76. The number of primary amides is 1. The number of nitrogens with zero attached hydrogens (tertiary/aromatic N) is 1. The first-order valence-corrected chi connectivity index (χ1v) is 5.83. The smallest absolute Gasteiger partial charge is 0.239 e. The van der Waals surface area contributed by atoms with Crippen molar-refractivity contribution in [3.05, 3.63) is 0 Å². The first-order valence-electron chi connectivity index (χ1n) is 5.83. The fourth-order valence-electron chi connectivity index (χ4n) is 2.55. The van der Waals surface area contributed by atoms with Gasteiger partial charge >= 0.3 is 0 Å². The second-order valence-corrected chi connectivity index (χ2v) is 5.31. The molecule has 0 spiro atoms. The van der Waals surface area contributed by atoms with E-state index in [9.17, 15) is 4.79 Å². The van der Waals surface area contributed by atoms with Crippen molar-refractivity contribution in [3.8, 4) is 0 Å². The van der Waals surface area contributed by atoms with Crippen LogP contribution in [0.4, 0.5) is 0 Å². The minimum Gasteiger partial charge on any atom is -0.368 e. The van der Waals surface area contributed by atoms with Crippen molar-refractivity contribution in [1.82, 2.24) is 4.90 Å². The Bertz CT molecular complexity index is 265. The van der Waals surface area contributed by atoms with Gasteiger partial charge in [0, 0.05) is 13.1 Å². The zero-order valence-electron chi connectivity index (χ0n) is 9.41. The van der Waals surface area contributed by atoms with E-state index in [4.69, 9.17) is 11.5 Å². The monoisotopic (exact) mass is 211 g/mol. The first-order chi connectivity index (χ1) is 7.02. The lowest BCUT2D eigenvalue weighted by atomic mass is 9.93. The molecule has 86 valence electrons. The van der Waals surface area contributed by atoms with E-state index in [0.717, 1.165) is 31.8 Å². The van der Waals surface area contributed by atoms with Crippen LogP contribution in [0.2, 0.25) is 0 Å². The summed E-state index contributed by atoms with van der Waals surface area (Å²) in [6.07, 6.45) is 3.32. The summed E-state index contributed by atoms with van der Waals surface area (Å²) >= 11 is 0. The van der Waals surface area contributed by atoms with Crippen LogP contribution in [0.15, 0.2) is 0 Å². The fourth-order valence-corrected chi connectivity index (χ4v) is 2.55. The van der Waals surface area contributed by atoms with Crippen molar-refractivity contribution in [3.63, 3.8) is 0 Å². The van der Waals surface area contributed by atoms with Gasteiger partial charge in [-0.15, -0.1) is 0 Å². The van der Waals surface area contributed by atoms with Crippen molar-refractivity contribution in [2.75, 3.05) is 19.6 Å². The van der Waals surface area contributed by atoms with Gasteiger partial charge in [0.2, 0.25) is 5.91 Å². The summed E-state index contributed by atoms with van der Waals surface area (Å²) in [5, 5.41) is 0. The van der Waals surface area contributed by atoms with Crippen LogP contribution in [0.3, 0.4) is 0 Å². The van der Waals surface area contributed by atoms with Crippen LogP contribution in [-0.2, 0) is 4.79 Å². The van der Waals surface area contributed by atoms with Crippen LogP contribution in [0.25, 0.3) is 0 Å². The SMILES string of the molecule is CC1CCN(CC(N)(C(N)=O)C2CC2)C1. The molecular weight excluding hydrogens is 190 g/mol. The van der Waals surface area contributed by atoms with E-state index in [1.54, 1.807) is 0 Å². The first kappa shape index (κ1) is 10.9. The molecule has 0 aromatic rings. The molecule has 1 saturated carbocycles. The second-order valence-electron chi connectivity index (χ2n) is 5.31. The zero-order valence-corrected chi connectivity index (χ0v) is 9.41. The Morgan fingerprint density at radius 1 is 1.47 bits per heavy atom. The summed E-state index contributed by atoms with van der Waals surface area (Å²) in [4.78, 5) is 13.7. The molecule has 1 amide bonds. The Hall–Kier alpha value is -0.610. The molecule has 2 unspecified atom stereocenters. The number of carbonyl (C=O) groups excluding carboxylic acids is 1. The van der Waals surface area contributed by atoms with Crippen LogP contribution >= 0.6 is 0 Å². The molecule has 0 radical (unpaired) electrons. The zero-order chi connectivity index (χ0) is 11.1. The van der Waals surface area contributed by atoms with Crippen molar-refractivity contribution in [2.45, 2.75) is 31.7 Å². The molecule has 0 aromatic carbocycles. The van der Waals surface area contributed by atoms with Crippen molar-refractivity contribution >= 4 is 5.91 Å². The van der Waals surface area contributed by atoms with Gasteiger partial charge in [0.1, 0.15) is 5.54 Å². The molecular formula is C11H21N3O. The maximum absolute atomic E-state index is 11.4. The number of rotatable bonds is 4. The van der Waals surface area contributed by atoms with E-state index in [1.165, 1.54) is 6.42 Å². The number of amides is 1. The van der Waals surface area contributed by atoms with Crippen LogP contribution in [-0.4, -0.2) is 36.0 Å². The Morgan fingerprint density at radius 3 is 2.53 bits per heavy atom. The average Bonchev–Trinajstić information content (AvgIpc) is 2.92. The van der Waals surface area contributed by atoms with Gasteiger partial charge < -0.3 is 16.4 Å². The largest absolute Gasteiger partial charge is 0.368 e. The normalized spacial score (nSPS) is 31.5. The van der Waals surface area contributed by atoms with E-state index in [1.807, 2.05) is 0 Å².